The van der Waals surface area contributed by atoms with Crippen LogP contribution in [0.15, 0.2) is 18.2 Å². The lowest BCUT2D eigenvalue weighted by molar-refractivity contribution is 0.0739. The summed E-state index contributed by atoms with van der Waals surface area (Å²) < 4.78 is 1.10. The second kappa shape index (κ2) is 5.33. The number of benzene rings is 1. The minimum absolute atomic E-state index is 0.00157. The normalized spacial score (nSPS) is 22.6. The SMILES string of the molecule is CC1CC(CN)CN1C(=O)c1n[nH]c2ccc(I)cc12. The number of halogens is 1. The highest BCUT2D eigenvalue weighted by Crippen LogP contribution is 2.26. The van der Waals surface area contributed by atoms with Crippen LogP contribution in [0.3, 0.4) is 0 Å². The quantitative estimate of drug-likeness (QED) is 0.778. The van der Waals surface area contributed by atoms with Crippen molar-refractivity contribution < 1.29 is 4.79 Å². The number of likely N-dealkylation sites (tertiary alicyclic amines) is 1. The van der Waals surface area contributed by atoms with Gasteiger partial charge in [0.25, 0.3) is 5.91 Å². The Labute approximate surface area is 131 Å². The van der Waals surface area contributed by atoms with Crippen molar-refractivity contribution in [1.29, 1.82) is 0 Å². The van der Waals surface area contributed by atoms with Gasteiger partial charge in [-0.1, -0.05) is 0 Å². The monoisotopic (exact) mass is 384 g/mol. The average Bonchev–Trinajstić information content (AvgIpc) is 3.01. The third-order valence-corrected chi connectivity index (χ3v) is 4.65. The van der Waals surface area contributed by atoms with Gasteiger partial charge in [-0.25, -0.2) is 0 Å². The summed E-state index contributed by atoms with van der Waals surface area (Å²) in [7, 11) is 0. The Hall–Kier alpha value is -1.15. The van der Waals surface area contributed by atoms with Gasteiger partial charge < -0.3 is 10.6 Å². The van der Waals surface area contributed by atoms with Gasteiger partial charge in [-0.15, -0.1) is 0 Å². The summed E-state index contributed by atoms with van der Waals surface area (Å²) in [4.78, 5) is 14.6. The van der Waals surface area contributed by atoms with Crippen molar-refractivity contribution in [2.45, 2.75) is 19.4 Å². The molecular formula is C14H17IN4O. The number of nitrogens with zero attached hydrogens (tertiary/aromatic N) is 2. The molecule has 20 heavy (non-hydrogen) atoms. The third-order valence-electron chi connectivity index (χ3n) is 3.98. The summed E-state index contributed by atoms with van der Waals surface area (Å²) in [6.07, 6.45) is 0.974. The van der Waals surface area contributed by atoms with E-state index in [0.29, 0.717) is 18.2 Å². The molecule has 0 aliphatic carbocycles. The van der Waals surface area contributed by atoms with Gasteiger partial charge in [-0.3, -0.25) is 9.89 Å². The Morgan fingerprint density at radius 2 is 2.40 bits per heavy atom. The van der Waals surface area contributed by atoms with Crippen molar-refractivity contribution in [3.8, 4) is 0 Å². The van der Waals surface area contributed by atoms with Crippen LogP contribution >= 0.6 is 22.6 Å². The number of nitrogens with two attached hydrogens (primary N) is 1. The number of rotatable bonds is 2. The van der Waals surface area contributed by atoms with Gasteiger partial charge in [0.2, 0.25) is 0 Å². The fourth-order valence-corrected chi connectivity index (χ4v) is 3.37. The molecule has 3 N–H and O–H groups in total. The van der Waals surface area contributed by atoms with Gasteiger partial charge in [0.15, 0.2) is 5.69 Å². The number of aromatic amines is 1. The van der Waals surface area contributed by atoms with Gasteiger partial charge >= 0.3 is 0 Å². The molecule has 6 heteroatoms. The van der Waals surface area contributed by atoms with Gasteiger partial charge in [0, 0.05) is 21.5 Å². The molecule has 2 unspecified atom stereocenters. The Morgan fingerprint density at radius 1 is 1.60 bits per heavy atom. The Bertz CT molecular complexity index is 654. The molecule has 0 saturated carbocycles. The van der Waals surface area contributed by atoms with Crippen LogP contribution in [0.5, 0.6) is 0 Å². The van der Waals surface area contributed by atoms with Crippen LogP contribution in [0.4, 0.5) is 0 Å². The van der Waals surface area contributed by atoms with Gasteiger partial charge in [-0.05, 0) is 66.6 Å². The van der Waals surface area contributed by atoms with E-state index in [1.807, 2.05) is 23.1 Å². The van der Waals surface area contributed by atoms with Crippen LogP contribution in [-0.2, 0) is 0 Å². The standard InChI is InChI=1S/C14H17IN4O/c1-8-4-9(6-16)7-19(8)14(20)13-11-5-10(15)2-3-12(11)17-18-13/h2-3,5,8-9H,4,6-7,16H2,1H3,(H,17,18). The van der Waals surface area contributed by atoms with E-state index in [1.54, 1.807) is 0 Å². The fourth-order valence-electron chi connectivity index (χ4n) is 2.88. The lowest BCUT2D eigenvalue weighted by Crippen LogP contribution is -2.34. The van der Waals surface area contributed by atoms with E-state index in [4.69, 9.17) is 5.73 Å². The molecule has 106 valence electrons. The van der Waals surface area contributed by atoms with Crippen LogP contribution in [0.25, 0.3) is 10.9 Å². The minimum Gasteiger partial charge on any atom is -0.334 e. The highest BCUT2D eigenvalue weighted by molar-refractivity contribution is 14.1. The number of fused-ring (bicyclic) bond motifs is 1. The van der Waals surface area contributed by atoms with Crippen molar-refractivity contribution in [2.75, 3.05) is 13.1 Å². The number of H-pyrrole nitrogens is 1. The molecular weight excluding hydrogens is 367 g/mol. The molecule has 0 spiro atoms. The first-order valence-corrected chi connectivity index (χ1v) is 7.82. The topological polar surface area (TPSA) is 75.0 Å². The number of carbonyl (C=O) groups is 1. The molecule has 5 nitrogen and oxygen atoms in total. The van der Waals surface area contributed by atoms with Crippen LogP contribution in [-0.4, -0.2) is 40.1 Å². The summed E-state index contributed by atoms with van der Waals surface area (Å²) in [6.45, 7) is 3.44. The summed E-state index contributed by atoms with van der Waals surface area (Å²) in [5.41, 5.74) is 7.14. The summed E-state index contributed by atoms with van der Waals surface area (Å²) in [5.74, 6) is 0.404. The van der Waals surface area contributed by atoms with Crippen LogP contribution < -0.4 is 5.73 Å². The van der Waals surface area contributed by atoms with E-state index in [2.05, 4.69) is 39.7 Å². The average molecular weight is 384 g/mol. The van der Waals surface area contributed by atoms with Gasteiger partial charge in [0.1, 0.15) is 0 Å². The van der Waals surface area contributed by atoms with Crippen molar-refractivity contribution in [2.24, 2.45) is 11.7 Å². The van der Waals surface area contributed by atoms with Crippen LogP contribution in [0, 0.1) is 9.49 Å². The summed E-state index contributed by atoms with van der Waals surface area (Å²) >= 11 is 2.24. The zero-order valence-corrected chi connectivity index (χ0v) is 13.4. The predicted octanol–water partition coefficient (Wildman–Crippen LogP) is 1.98. The Morgan fingerprint density at radius 3 is 3.10 bits per heavy atom. The Balaban J connectivity index is 1.95. The lowest BCUT2D eigenvalue weighted by Gasteiger charge is -2.20. The molecule has 2 aromatic rings. The molecule has 3 rings (SSSR count). The van der Waals surface area contributed by atoms with Crippen molar-refractivity contribution in [3.05, 3.63) is 27.5 Å². The summed E-state index contributed by atoms with van der Waals surface area (Å²) in [5, 5.41) is 8.04. The number of aromatic nitrogens is 2. The van der Waals surface area contributed by atoms with Crippen molar-refractivity contribution >= 4 is 39.4 Å². The molecule has 2 atom stereocenters. The van der Waals surface area contributed by atoms with Crippen LogP contribution in [0.1, 0.15) is 23.8 Å². The highest BCUT2D eigenvalue weighted by Gasteiger charge is 2.33. The van der Waals surface area contributed by atoms with Gasteiger partial charge in [0.05, 0.1) is 5.52 Å². The molecule has 1 aromatic heterocycles. The van der Waals surface area contributed by atoms with E-state index in [9.17, 15) is 4.79 Å². The fraction of sp³-hybridized carbons (Fsp3) is 0.429. The Kier molecular flexibility index (Phi) is 3.68. The number of hydrogen-bond donors (Lipinski definition) is 2. The number of carbonyl (C=O) groups excluding carboxylic acids is 1. The largest absolute Gasteiger partial charge is 0.334 e. The lowest BCUT2D eigenvalue weighted by atomic mass is 10.1. The minimum atomic E-state index is 0.00157. The van der Waals surface area contributed by atoms with Crippen molar-refractivity contribution in [1.82, 2.24) is 15.1 Å². The first kappa shape index (κ1) is 13.8. The van der Waals surface area contributed by atoms with E-state index in [0.717, 1.165) is 27.4 Å². The molecule has 2 heterocycles. The smallest absolute Gasteiger partial charge is 0.275 e. The van der Waals surface area contributed by atoms with Crippen LogP contribution in [0.2, 0.25) is 0 Å². The first-order chi connectivity index (χ1) is 9.60. The number of hydrogen-bond acceptors (Lipinski definition) is 3. The maximum Gasteiger partial charge on any atom is 0.275 e. The maximum absolute atomic E-state index is 12.7. The molecule has 0 radical (unpaired) electrons. The molecule has 1 aliphatic heterocycles. The zero-order valence-electron chi connectivity index (χ0n) is 11.3. The molecule has 1 aromatic carbocycles. The maximum atomic E-state index is 12.7. The molecule has 0 bridgehead atoms. The second-order valence-electron chi connectivity index (χ2n) is 5.41. The number of nitrogens with one attached hydrogen (secondary N) is 1. The second-order valence-corrected chi connectivity index (χ2v) is 6.65. The highest BCUT2D eigenvalue weighted by atomic mass is 127. The third kappa shape index (κ3) is 2.31. The summed E-state index contributed by atoms with van der Waals surface area (Å²) in [6, 6.07) is 6.17. The molecule has 1 amide bonds. The van der Waals surface area contributed by atoms with Crippen molar-refractivity contribution in [3.63, 3.8) is 0 Å². The zero-order chi connectivity index (χ0) is 14.3. The van der Waals surface area contributed by atoms with Gasteiger partial charge in [-0.2, -0.15) is 5.10 Å². The predicted molar refractivity (Wildman–Crippen MR) is 86.5 cm³/mol. The van der Waals surface area contributed by atoms with E-state index in [1.165, 1.54) is 0 Å². The van der Waals surface area contributed by atoms with E-state index >= 15 is 0 Å². The molecule has 1 aliphatic rings. The molecule has 1 fully saturated rings. The molecule has 1 saturated heterocycles. The first-order valence-electron chi connectivity index (χ1n) is 6.74. The van der Waals surface area contributed by atoms with E-state index in [-0.39, 0.29) is 11.9 Å². The van der Waals surface area contributed by atoms with E-state index < -0.39 is 0 Å². The number of amides is 1.